The van der Waals surface area contributed by atoms with E-state index >= 15 is 0 Å². The van der Waals surface area contributed by atoms with Crippen LogP contribution in [0.2, 0.25) is 0 Å². The smallest absolute Gasteiger partial charge is 0.320 e. The molecule has 5 heteroatoms. The number of benzene rings is 1. The second kappa shape index (κ2) is 4.65. The van der Waals surface area contributed by atoms with Crippen molar-refractivity contribution in [1.82, 2.24) is 15.5 Å². The van der Waals surface area contributed by atoms with Crippen LogP contribution in [0.4, 0.5) is 10.6 Å². The topological polar surface area (TPSA) is 69.8 Å². The maximum atomic E-state index is 11.4. The van der Waals surface area contributed by atoms with Crippen molar-refractivity contribution in [3.8, 4) is 0 Å². The van der Waals surface area contributed by atoms with Crippen molar-refractivity contribution in [3.05, 3.63) is 24.3 Å². The largest absolute Gasteiger partial charge is 0.338 e. The first kappa shape index (κ1) is 10.5. The Balaban J connectivity index is 2.12. The van der Waals surface area contributed by atoms with Crippen LogP contribution in [0.1, 0.15) is 13.3 Å². The van der Waals surface area contributed by atoms with Crippen LogP contribution in [0.5, 0.6) is 0 Å². The van der Waals surface area contributed by atoms with Gasteiger partial charge in [0.25, 0.3) is 0 Å². The summed E-state index contributed by atoms with van der Waals surface area (Å²) in [5.41, 5.74) is 0.910. The van der Waals surface area contributed by atoms with E-state index in [4.69, 9.17) is 0 Å². The maximum absolute atomic E-state index is 11.4. The van der Waals surface area contributed by atoms with Crippen molar-refractivity contribution in [1.29, 1.82) is 0 Å². The Labute approximate surface area is 93.2 Å². The predicted molar refractivity (Wildman–Crippen MR) is 63.4 cm³/mol. The summed E-state index contributed by atoms with van der Waals surface area (Å²) >= 11 is 0. The van der Waals surface area contributed by atoms with Gasteiger partial charge in [-0.05, 0) is 18.6 Å². The van der Waals surface area contributed by atoms with E-state index in [0.717, 1.165) is 17.3 Å². The molecule has 0 bridgehead atoms. The second-order valence-electron chi connectivity index (χ2n) is 3.50. The molecule has 3 N–H and O–H groups in total. The van der Waals surface area contributed by atoms with Gasteiger partial charge in [0.1, 0.15) is 0 Å². The number of nitrogens with one attached hydrogen (secondary N) is 3. The number of fused-ring (bicyclic) bond motifs is 1. The van der Waals surface area contributed by atoms with Crippen molar-refractivity contribution < 1.29 is 4.79 Å². The fourth-order valence-electron chi connectivity index (χ4n) is 1.45. The molecule has 0 aliphatic heterocycles. The monoisotopic (exact) mass is 218 g/mol. The zero-order chi connectivity index (χ0) is 11.4. The molecule has 5 nitrogen and oxygen atoms in total. The van der Waals surface area contributed by atoms with Crippen LogP contribution in [0.15, 0.2) is 24.3 Å². The summed E-state index contributed by atoms with van der Waals surface area (Å²) < 4.78 is 0. The summed E-state index contributed by atoms with van der Waals surface area (Å²) in [5, 5.41) is 13.3. The zero-order valence-corrected chi connectivity index (χ0v) is 9.08. The number of amides is 2. The molecular formula is C11H14N4O. The van der Waals surface area contributed by atoms with Gasteiger partial charge in [0.15, 0.2) is 5.82 Å². The van der Waals surface area contributed by atoms with Gasteiger partial charge in [0, 0.05) is 11.9 Å². The normalized spacial score (nSPS) is 10.3. The minimum absolute atomic E-state index is 0.223. The van der Waals surface area contributed by atoms with Gasteiger partial charge in [-0.25, -0.2) is 4.79 Å². The fraction of sp³-hybridized carbons (Fsp3) is 0.273. The third-order valence-electron chi connectivity index (χ3n) is 2.24. The van der Waals surface area contributed by atoms with Crippen molar-refractivity contribution >= 4 is 22.8 Å². The highest BCUT2D eigenvalue weighted by Gasteiger charge is 2.07. The summed E-state index contributed by atoms with van der Waals surface area (Å²) in [6.45, 7) is 2.67. The average molecular weight is 218 g/mol. The Kier molecular flexibility index (Phi) is 3.05. The highest BCUT2D eigenvalue weighted by atomic mass is 16.2. The Bertz CT molecular complexity index is 491. The summed E-state index contributed by atoms with van der Waals surface area (Å²) in [6.07, 6.45) is 0.911. The van der Waals surface area contributed by atoms with Crippen LogP contribution in [-0.4, -0.2) is 22.8 Å². The van der Waals surface area contributed by atoms with E-state index in [0.29, 0.717) is 12.4 Å². The molecule has 2 rings (SSSR count). The van der Waals surface area contributed by atoms with Gasteiger partial charge >= 0.3 is 6.03 Å². The molecule has 0 unspecified atom stereocenters. The van der Waals surface area contributed by atoms with E-state index in [9.17, 15) is 4.79 Å². The lowest BCUT2D eigenvalue weighted by molar-refractivity contribution is 0.252. The number of aromatic amines is 1. The Morgan fingerprint density at radius 1 is 1.44 bits per heavy atom. The van der Waals surface area contributed by atoms with Crippen molar-refractivity contribution in [2.45, 2.75) is 13.3 Å². The summed E-state index contributed by atoms with van der Waals surface area (Å²) in [5.74, 6) is 0.559. The first-order chi connectivity index (χ1) is 7.81. The van der Waals surface area contributed by atoms with Gasteiger partial charge in [-0.2, -0.15) is 5.10 Å². The number of carbonyl (C=O) groups excluding carboxylic acids is 1. The SMILES string of the molecule is CCCNC(=O)Nc1n[nH]c2ccccc12. The number of urea groups is 1. The molecule has 0 aliphatic carbocycles. The highest BCUT2D eigenvalue weighted by Crippen LogP contribution is 2.18. The van der Waals surface area contributed by atoms with E-state index in [1.54, 1.807) is 0 Å². The second-order valence-corrected chi connectivity index (χ2v) is 3.50. The molecule has 1 heterocycles. The van der Waals surface area contributed by atoms with Crippen LogP contribution < -0.4 is 10.6 Å². The molecule has 1 aromatic heterocycles. The lowest BCUT2D eigenvalue weighted by Gasteiger charge is -2.03. The van der Waals surface area contributed by atoms with E-state index < -0.39 is 0 Å². The third-order valence-corrected chi connectivity index (χ3v) is 2.24. The number of anilines is 1. The minimum atomic E-state index is -0.223. The summed E-state index contributed by atoms with van der Waals surface area (Å²) in [7, 11) is 0. The molecule has 0 aliphatic rings. The summed E-state index contributed by atoms with van der Waals surface area (Å²) in [6, 6.07) is 7.43. The summed E-state index contributed by atoms with van der Waals surface area (Å²) in [4.78, 5) is 11.4. The standard InChI is InChI=1S/C11H14N4O/c1-2-7-12-11(16)13-10-8-5-3-4-6-9(8)14-15-10/h3-6H,2,7H2,1H3,(H3,12,13,14,15,16). The van der Waals surface area contributed by atoms with Crippen LogP contribution in [0, 0.1) is 0 Å². The molecular weight excluding hydrogens is 204 g/mol. The van der Waals surface area contributed by atoms with Crippen molar-refractivity contribution in [3.63, 3.8) is 0 Å². The van der Waals surface area contributed by atoms with Crippen molar-refractivity contribution in [2.24, 2.45) is 0 Å². The number of H-pyrrole nitrogens is 1. The van der Waals surface area contributed by atoms with Crippen LogP contribution in [0.3, 0.4) is 0 Å². The van der Waals surface area contributed by atoms with Gasteiger partial charge in [0.05, 0.1) is 5.52 Å². The van der Waals surface area contributed by atoms with Crippen molar-refractivity contribution in [2.75, 3.05) is 11.9 Å². The molecule has 84 valence electrons. The van der Waals surface area contributed by atoms with Crippen LogP contribution in [-0.2, 0) is 0 Å². The third kappa shape index (κ3) is 2.13. The Morgan fingerprint density at radius 3 is 3.06 bits per heavy atom. The van der Waals surface area contributed by atoms with E-state index in [1.807, 2.05) is 31.2 Å². The van der Waals surface area contributed by atoms with E-state index in [2.05, 4.69) is 20.8 Å². The fourth-order valence-corrected chi connectivity index (χ4v) is 1.45. The first-order valence-corrected chi connectivity index (χ1v) is 5.29. The molecule has 1 aromatic carbocycles. The van der Waals surface area contributed by atoms with E-state index in [-0.39, 0.29) is 6.03 Å². The number of aromatic nitrogens is 2. The molecule has 16 heavy (non-hydrogen) atoms. The molecule has 0 radical (unpaired) electrons. The van der Waals surface area contributed by atoms with Gasteiger partial charge in [0.2, 0.25) is 0 Å². The minimum Gasteiger partial charge on any atom is -0.338 e. The van der Waals surface area contributed by atoms with Crippen LogP contribution >= 0.6 is 0 Å². The number of rotatable bonds is 3. The lowest BCUT2D eigenvalue weighted by atomic mass is 10.2. The average Bonchev–Trinajstić information content (AvgIpc) is 2.70. The Hall–Kier alpha value is -2.04. The first-order valence-electron chi connectivity index (χ1n) is 5.29. The van der Waals surface area contributed by atoms with Gasteiger partial charge in [-0.1, -0.05) is 19.1 Å². The molecule has 0 saturated heterocycles. The predicted octanol–water partition coefficient (Wildman–Crippen LogP) is 2.09. The molecule has 0 spiro atoms. The molecule has 0 atom stereocenters. The number of hydrogen-bond acceptors (Lipinski definition) is 2. The molecule has 0 fully saturated rings. The van der Waals surface area contributed by atoms with Gasteiger partial charge in [-0.3, -0.25) is 10.4 Å². The molecule has 2 aromatic rings. The number of hydrogen-bond donors (Lipinski definition) is 3. The highest BCUT2D eigenvalue weighted by molar-refractivity contribution is 5.98. The Morgan fingerprint density at radius 2 is 2.25 bits per heavy atom. The maximum Gasteiger partial charge on any atom is 0.320 e. The molecule has 2 amide bonds. The van der Waals surface area contributed by atoms with Gasteiger partial charge < -0.3 is 5.32 Å². The van der Waals surface area contributed by atoms with E-state index in [1.165, 1.54) is 0 Å². The lowest BCUT2D eigenvalue weighted by Crippen LogP contribution is -2.29. The van der Waals surface area contributed by atoms with Crippen LogP contribution in [0.25, 0.3) is 10.9 Å². The number of nitrogens with zero attached hydrogens (tertiary/aromatic N) is 1. The zero-order valence-electron chi connectivity index (χ0n) is 9.08. The number of para-hydroxylation sites is 1. The number of carbonyl (C=O) groups is 1. The van der Waals surface area contributed by atoms with Gasteiger partial charge in [-0.15, -0.1) is 0 Å². The quantitative estimate of drug-likeness (QED) is 0.738. The molecule has 0 saturated carbocycles.